The number of carbonyl (C=O) groups is 1. The number of carbonyl (C=O) groups excluding carboxylic acids is 1. The summed E-state index contributed by atoms with van der Waals surface area (Å²) in [5.74, 6) is 0.824. The highest BCUT2D eigenvalue weighted by Crippen LogP contribution is 2.32. The molecule has 86 valence electrons. The van der Waals surface area contributed by atoms with Crippen molar-refractivity contribution in [1.82, 2.24) is 5.32 Å². The summed E-state index contributed by atoms with van der Waals surface area (Å²) in [4.78, 5) is 11.6. The van der Waals surface area contributed by atoms with E-state index < -0.39 is 0 Å². The van der Waals surface area contributed by atoms with Crippen molar-refractivity contribution in [1.29, 1.82) is 0 Å². The number of hydrogen-bond donors (Lipinski definition) is 1. The lowest BCUT2D eigenvalue weighted by Crippen LogP contribution is -2.26. The van der Waals surface area contributed by atoms with E-state index >= 15 is 0 Å². The predicted molar refractivity (Wildman–Crippen MR) is 68.0 cm³/mol. The van der Waals surface area contributed by atoms with E-state index in [2.05, 4.69) is 21.2 Å². The summed E-state index contributed by atoms with van der Waals surface area (Å²) in [6.07, 6.45) is 3.13. The molecule has 3 heteroatoms. The van der Waals surface area contributed by atoms with Crippen molar-refractivity contribution < 1.29 is 4.79 Å². The van der Waals surface area contributed by atoms with E-state index in [1.54, 1.807) is 0 Å². The van der Waals surface area contributed by atoms with Crippen LogP contribution in [0.2, 0.25) is 0 Å². The van der Waals surface area contributed by atoms with E-state index in [1.807, 2.05) is 31.2 Å². The Hall–Kier alpha value is -0.830. The quantitative estimate of drug-likeness (QED) is 0.900. The lowest BCUT2D eigenvalue weighted by atomic mass is 10.1. The Kier molecular flexibility index (Phi) is 3.64. The van der Waals surface area contributed by atoms with Gasteiger partial charge >= 0.3 is 0 Å². The van der Waals surface area contributed by atoms with Crippen LogP contribution in [0, 0.1) is 5.92 Å². The minimum atomic E-state index is 0.0868. The second kappa shape index (κ2) is 5.00. The van der Waals surface area contributed by atoms with Gasteiger partial charge in [0.05, 0.1) is 6.04 Å². The molecule has 1 aliphatic carbocycles. The molecule has 1 fully saturated rings. The second-order valence-corrected chi connectivity index (χ2v) is 5.41. The monoisotopic (exact) mass is 281 g/mol. The summed E-state index contributed by atoms with van der Waals surface area (Å²) in [7, 11) is 0. The van der Waals surface area contributed by atoms with E-state index in [0.717, 1.165) is 10.0 Å². The van der Waals surface area contributed by atoms with Gasteiger partial charge in [0.25, 0.3) is 0 Å². The molecule has 1 aliphatic rings. The molecule has 0 spiro atoms. The highest BCUT2D eigenvalue weighted by Gasteiger charge is 2.24. The van der Waals surface area contributed by atoms with Crippen LogP contribution in [0.25, 0.3) is 0 Å². The number of hydrogen-bond acceptors (Lipinski definition) is 1. The van der Waals surface area contributed by atoms with Crippen molar-refractivity contribution >= 4 is 21.8 Å². The largest absolute Gasteiger partial charge is 0.350 e. The van der Waals surface area contributed by atoms with Crippen LogP contribution < -0.4 is 5.32 Å². The third-order valence-electron chi connectivity index (χ3n) is 2.90. The van der Waals surface area contributed by atoms with Gasteiger partial charge in [-0.2, -0.15) is 0 Å². The van der Waals surface area contributed by atoms with Gasteiger partial charge < -0.3 is 5.32 Å². The molecule has 1 aromatic rings. The first-order chi connectivity index (χ1) is 7.65. The zero-order chi connectivity index (χ0) is 11.5. The number of benzene rings is 1. The van der Waals surface area contributed by atoms with Crippen LogP contribution in [0.3, 0.4) is 0 Å². The summed E-state index contributed by atoms with van der Waals surface area (Å²) in [5.41, 5.74) is 1.14. The Bertz CT molecular complexity index is 387. The molecule has 2 rings (SSSR count). The lowest BCUT2D eigenvalue weighted by molar-refractivity contribution is -0.122. The van der Waals surface area contributed by atoms with E-state index in [4.69, 9.17) is 0 Å². The second-order valence-electron chi connectivity index (χ2n) is 4.49. The van der Waals surface area contributed by atoms with Gasteiger partial charge in [-0.25, -0.2) is 0 Å². The smallest absolute Gasteiger partial charge is 0.220 e. The van der Waals surface area contributed by atoms with Crippen LogP contribution >= 0.6 is 15.9 Å². The maximum Gasteiger partial charge on any atom is 0.220 e. The van der Waals surface area contributed by atoms with Gasteiger partial charge in [-0.1, -0.05) is 28.1 Å². The highest BCUT2D eigenvalue weighted by atomic mass is 79.9. The van der Waals surface area contributed by atoms with Crippen LogP contribution in [0.15, 0.2) is 28.7 Å². The average molecular weight is 282 g/mol. The van der Waals surface area contributed by atoms with Gasteiger partial charge in [-0.15, -0.1) is 0 Å². The van der Waals surface area contributed by atoms with Crippen LogP contribution in [0.4, 0.5) is 0 Å². The van der Waals surface area contributed by atoms with Gasteiger partial charge in [0.15, 0.2) is 0 Å². The predicted octanol–water partition coefficient (Wildman–Crippen LogP) is 3.43. The molecular formula is C13H16BrNO. The first-order valence-corrected chi connectivity index (χ1v) is 6.49. The Balaban J connectivity index is 1.91. The van der Waals surface area contributed by atoms with Crippen molar-refractivity contribution in [3.63, 3.8) is 0 Å². The van der Waals surface area contributed by atoms with Crippen LogP contribution in [0.1, 0.15) is 37.8 Å². The molecule has 1 unspecified atom stereocenters. The van der Waals surface area contributed by atoms with Crippen molar-refractivity contribution in [3.05, 3.63) is 34.3 Å². The van der Waals surface area contributed by atoms with E-state index in [9.17, 15) is 4.79 Å². The fraction of sp³-hybridized carbons (Fsp3) is 0.462. The molecule has 0 saturated heterocycles. The SMILES string of the molecule is CC(NC(=O)CC1CC1)c1cccc(Br)c1. The standard InChI is InChI=1S/C13H16BrNO/c1-9(11-3-2-4-12(14)8-11)15-13(16)7-10-5-6-10/h2-4,8-10H,5-7H2,1H3,(H,15,16). The maximum atomic E-state index is 11.6. The molecule has 0 radical (unpaired) electrons. The maximum absolute atomic E-state index is 11.6. The van der Waals surface area contributed by atoms with Gasteiger partial charge in [0, 0.05) is 10.9 Å². The number of halogens is 1. The van der Waals surface area contributed by atoms with Gasteiger partial charge in [0.2, 0.25) is 5.91 Å². The Morgan fingerprint density at radius 1 is 1.56 bits per heavy atom. The molecule has 0 aliphatic heterocycles. The minimum Gasteiger partial charge on any atom is -0.350 e. The first kappa shape index (κ1) is 11.6. The molecule has 16 heavy (non-hydrogen) atoms. The molecule has 1 N–H and O–H groups in total. The van der Waals surface area contributed by atoms with Gasteiger partial charge in [0.1, 0.15) is 0 Å². The van der Waals surface area contributed by atoms with Gasteiger partial charge in [-0.3, -0.25) is 4.79 Å². The third-order valence-corrected chi connectivity index (χ3v) is 3.39. The summed E-state index contributed by atoms with van der Waals surface area (Å²) < 4.78 is 1.05. The zero-order valence-electron chi connectivity index (χ0n) is 9.37. The van der Waals surface area contributed by atoms with Crippen molar-refractivity contribution in [2.24, 2.45) is 5.92 Å². The molecule has 1 saturated carbocycles. The molecule has 1 aromatic carbocycles. The average Bonchev–Trinajstić information content (AvgIpc) is 3.01. The lowest BCUT2D eigenvalue weighted by Gasteiger charge is -2.14. The highest BCUT2D eigenvalue weighted by molar-refractivity contribution is 9.10. The van der Waals surface area contributed by atoms with Crippen molar-refractivity contribution in [2.45, 2.75) is 32.2 Å². The summed E-state index contributed by atoms with van der Waals surface area (Å²) in [6, 6.07) is 8.14. The van der Waals surface area contributed by atoms with Crippen molar-refractivity contribution in [3.8, 4) is 0 Å². The zero-order valence-corrected chi connectivity index (χ0v) is 11.0. The van der Waals surface area contributed by atoms with Crippen LogP contribution in [0.5, 0.6) is 0 Å². The van der Waals surface area contributed by atoms with Crippen LogP contribution in [-0.4, -0.2) is 5.91 Å². The topological polar surface area (TPSA) is 29.1 Å². The summed E-state index contributed by atoms with van der Waals surface area (Å²) in [5, 5.41) is 3.03. The third kappa shape index (κ3) is 3.34. The van der Waals surface area contributed by atoms with E-state index in [0.29, 0.717) is 12.3 Å². The first-order valence-electron chi connectivity index (χ1n) is 5.70. The van der Waals surface area contributed by atoms with Gasteiger partial charge in [-0.05, 0) is 43.4 Å². The minimum absolute atomic E-state index is 0.0868. The Labute approximate surface area is 105 Å². The fourth-order valence-corrected chi connectivity index (χ4v) is 2.16. The molecule has 0 aromatic heterocycles. The molecule has 2 nitrogen and oxygen atoms in total. The molecule has 1 amide bonds. The number of amides is 1. The number of rotatable bonds is 4. The number of nitrogens with one attached hydrogen (secondary N) is 1. The fourth-order valence-electron chi connectivity index (χ4n) is 1.74. The summed E-state index contributed by atoms with van der Waals surface area (Å²) in [6.45, 7) is 2.02. The Morgan fingerprint density at radius 2 is 2.31 bits per heavy atom. The molecule has 1 atom stereocenters. The molecule has 0 bridgehead atoms. The van der Waals surface area contributed by atoms with Crippen LogP contribution in [-0.2, 0) is 4.79 Å². The van der Waals surface area contributed by atoms with E-state index in [-0.39, 0.29) is 11.9 Å². The molecule has 0 heterocycles. The Morgan fingerprint density at radius 3 is 2.94 bits per heavy atom. The summed E-state index contributed by atoms with van der Waals surface area (Å²) >= 11 is 3.43. The van der Waals surface area contributed by atoms with Crippen molar-refractivity contribution in [2.75, 3.05) is 0 Å². The molecular weight excluding hydrogens is 266 g/mol. The van der Waals surface area contributed by atoms with E-state index in [1.165, 1.54) is 12.8 Å². The normalized spacial score (nSPS) is 16.9.